The molecule has 1 atom stereocenters. The normalized spacial score (nSPS) is 11.6. The predicted octanol–water partition coefficient (Wildman–Crippen LogP) is 4.25. The van der Waals surface area contributed by atoms with Crippen molar-refractivity contribution in [2.75, 3.05) is 13.7 Å². The number of ether oxygens (including phenoxy) is 1. The number of nitrogens with two attached hydrogens (primary N) is 1. The van der Waals surface area contributed by atoms with E-state index in [-0.39, 0.29) is 12.4 Å². The van der Waals surface area contributed by atoms with Gasteiger partial charge in [-0.2, -0.15) is 0 Å². The summed E-state index contributed by atoms with van der Waals surface area (Å²) in [4.78, 5) is 0. The quantitative estimate of drug-likeness (QED) is 0.895. The molecule has 0 aliphatic heterocycles. The maximum atomic E-state index is 5.94. The summed E-state index contributed by atoms with van der Waals surface area (Å²) in [5.74, 6) is 1.17. The summed E-state index contributed by atoms with van der Waals surface area (Å²) >= 11 is 5.94. The lowest BCUT2D eigenvalue weighted by atomic mass is 9.88. The first-order valence-corrected chi connectivity index (χ1v) is 6.72. The summed E-state index contributed by atoms with van der Waals surface area (Å²) in [5.41, 5.74) is 8.22. The molecule has 0 bridgehead atoms. The zero-order chi connectivity index (χ0) is 13.7. The van der Waals surface area contributed by atoms with E-state index in [1.165, 1.54) is 11.1 Å². The second-order valence-corrected chi connectivity index (χ2v) is 4.89. The van der Waals surface area contributed by atoms with Gasteiger partial charge in [0, 0.05) is 10.9 Å². The van der Waals surface area contributed by atoms with Crippen LogP contribution in [0.1, 0.15) is 23.5 Å². The molecule has 0 aliphatic rings. The Kier molecular flexibility index (Phi) is 6.86. The van der Waals surface area contributed by atoms with Crippen LogP contribution in [-0.2, 0) is 0 Å². The Bertz CT molecular complexity index is 511. The molecule has 0 aliphatic carbocycles. The van der Waals surface area contributed by atoms with Crippen molar-refractivity contribution < 1.29 is 4.74 Å². The number of hydrogen-bond donors (Lipinski definition) is 1. The molecule has 2 N–H and O–H groups in total. The molecule has 108 valence electrons. The average molecular weight is 312 g/mol. The van der Waals surface area contributed by atoms with Gasteiger partial charge in [0.05, 0.1) is 7.11 Å². The van der Waals surface area contributed by atoms with Crippen LogP contribution in [0.25, 0.3) is 0 Å². The molecular formula is C16H19Cl2NO. The van der Waals surface area contributed by atoms with Gasteiger partial charge in [-0.25, -0.2) is 0 Å². The van der Waals surface area contributed by atoms with Crippen LogP contribution in [0.15, 0.2) is 48.5 Å². The molecule has 2 aromatic rings. The minimum absolute atomic E-state index is 0. The molecule has 0 saturated carbocycles. The average Bonchev–Trinajstić information content (AvgIpc) is 2.46. The Labute approximate surface area is 131 Å². The Morgan fingerprint density at radius 2 is 1.50 bits per heavy atom. The molecule has 0 spiro atoms. The summed E-state index contributed by atoms with van der Waals surface area (Å²) < 4.78 is 5.19. The predicted molar refractivity (Wildman–Crippen MR) is 87.2 cm³/mol. The highest BCUT2D eigenvalue weighted by molar-refractivity contribution is 6.30. The first kappa shape index (κ1) is 16.8. The van der Waals surface area contributed by atoms with Gasteiger partial charge >= 0.3 is 0 Å². The molecular weight excluding hydrogens is 293 g/mol. The van der Waals surface area contributed by atoms with Crippen LogP contribution in [0.2, 0.25) is 5.02 Å². The van der Waals surface area contributed by atoms with Gasteiger partial charge in [-0.1, -0.05) is 35.9 Å². The molecule has 0 aromatic heterocycles. The minimum Gasteiger partial charge on any atom is -0.497 e. The minimum atomic E-state index is 0. The van der Waals surface area contributed by atoms with Gasteiger partial charge in [-0.05, 0) is 48.4 Å². The van der Waals surface area contributed by atoms with Gasteiger partial charge < -0.3 is 10.5 Å². The van der Waals surface area contributed by atoms with Crippen LogP contribution in [0.3, 0.4) is 0 Å². The zero-order valence-corrected chi connectivity index (χ0v) is 13.0. The van der Waals surface area contributed by atoms with Gasteiger partial charge in [0.25, 0.3) is 0 Å². The van der Waals surface area contributed by atoms with Crippen molar-refractivity contribution in [2.24, 2.45) is 5.73 Å². The largest absolute Gasteiger partial charge is 0.497 e. The van der Waals surface area contributed by atoms with E-state index in [0.29, 0.717) is 12.5 Å². The molecule has 0 saturated heterocycles. The second-order valence-electron chi connectivity index (χ2n) is 4.45. The van der Waals surface area contributed by atoms with Crippen molar-refractivity contribution in [3.63, 3.8) is 0 Å². The van der Waals surface area contributed by atoms with E-state index in [2.05, 4.69) is 24.3 Å². The van der Waals surface area contributed by atoms with Crippen LogP contribution in [-0.4, -0.2) is 13.7 Å². The third kappa shape index (κ3) is 4.14. The molecule has 2 aromatic carbocycles. The van der Waals surface area contributed by atoms with Crippen molar-refractivity contribution >= 4 is 24.0 Å². The lowest BCUT2D eigenvalue weighted by Crippen LogP contribution is -2.08. The molecule has 0 amide bonds. The van der Waals surface area contributed by atoms with E-state index >= 15 is 0 Å². The van der Waals surface area contributed by atoms with Crippen molar-refractivity contribution in [1.29, 1.82) is 0 Å². The van der Waals surface area contributed by atoms with Gasteiger partial charge in [-0.3, -0.25) is 0 Å². The molecule has 0 fully saturated rings. The molecule has 4 heteroatoms. The number of rotatable bonds is 5. The van der Waals surface area contributed by atoms with Crippen molar-refractivity contribution in [3.8, 4) is 5.75 Å². The summed E-state index contributed by atoms with van der Waals surface area (Å²) in [6, 6.07) is 16.1. The van der Waals surface area contributed by atoms with Gasteiger partial charge in [0.1, 0.15) is 5.75 Å². The standard InChI is InChI=1S/C16H18ClNO.ClH/c1-19-15-8-4-13(5-9-15)16(10-11-18)12-2-6-14(17)7-3-12;/h2-9,16H,10-11,18H2,1H3;1H. The molecule has 20 heavy (non-hydrogen) atoms. The van der Waals surface area contributed by atoms with Crippen LogP contribution >= 0.6 is 24.0 Å². The monoisotopic (exact) mass is 311 g/mol. The Hall–Kier alpha value is -1.22. The number of halogens is 2. The summed E-state index contributed by atoms with van der Waals surface area (Å²) in [6.45, 7) is 0.652. The Balaban J connectivity index is 0.00000200. The fourth-order valence-corrected chi connectivity index (χ4v) is 2.35. The van der Waals surface area contributed by atoms with Gasteiger partial charge in [0.15, 0.2) is 0 Å². The highest BCUT2D eigenvalue weighted by atomic mass is 35.5. The molecule has 2 rings (SSSR count). The summed E-state index contributed by atoms with van der Waals surface area (Å²) in [5, 5.41) is 0.755. The van der Waals surface area contributed by atoms with E-state index in [0.717, 1.165) is 17.2 Å². The van der Waals surface area contributed by atoms with Gasteiger partial charge in [0.2, 0.25) is 0 Å². The van der Waals surface area contributed by atoms with Gasteiger partial charge in [-0.15, -0.1) is 12.4 Å². The Morgan fingerprint density at radius 1 is 1.00 bits per heavy atom. The third-order valence-corrected chi connectivity index (χ3v) is 3.50. The van der Waals surface area contributed by atoms with Crippen LogP contribution in [0.5, 0.6) is 5.75 Å². The lowest BCUT2D eigenvalue weighted by molar-refractivity contribution is 0.414. The molecule has 1 unspecified atom stereocenters. The maximum absolute atomic E-state index is 5.94. The third-order valence-electron chi connectivity index (χ3n) is 3.25. The van der Waals surface area contributed by atoms with E-state index in [1.807, 2.05) is 24.3 Å². The van der Waals surface area contributed by atoms with Crippen LogP contribution < -0.4 is 10.5 Å². The second kappa shape index (κ2) is 8.15. The number of hydrogen-bond acceptors (Lipinski definition) is 2. The van der Waals surface area contributed by atoms with E-state index in [9.17, 15) is 0 Å². The van der Waals surface area contributed by atoms with Crippen LogP contribution in [0, 0.1) is 0 Å². The fraction of sp³-hybridized carbons (Fsp3) is 0.250. The first-order chi connectivity index (χ1) is 9.24. The fourth-order valence-electron chi connectivity index (χ4n) is 2.22. The van der Waals surface area contributed by atoms with E-state index in [1.54, 1.807) is 7.11 Å². The summed E-state index contributed by atoms with van der Waals surface area (Å²) in [7, 11) is 1.67. The smallest absolute Gasteiger partial charge is 0.118 e. The topological polar surface area (TPSA) is 35.2 Å². The maximum Gasteiger partial charge on any atom is 0.118 e. The lowest BCUT2D eigenvalue weighted by Gasteiger charge is -2.17. The van der Waals surface area contributed by atoms with Crippen molar-refractivity contribution in [2.45, 2.75) is 12.3 Å². The molecule has 0 radical (unpaired) electrons. The van der Waals surface area contributed by atoms with Crippen molar-refractivity contribution in [1.82, 2.24) is 0 Å². The van der Waals surface area contributed by atoms with E-state index in [4.69, 9.17) is 22.1 Å². The van der Waals surface area contributed by atoms with Crippen molar-refractivity contribution in [3.05, 3.63) is 64.7 Å². The van der Waals surface area contributed by atoms with Crippen LogP contribution in [0.4, 0.5) is 0 Å². The van der Waals surface area contributed by atoms with E-state index < -0.39 is 0 Å². The number of methoxy groups -OCH3 is 1. The molecule has 2 nitrogen and oxygen atoms in total. The first-order valence-electron chi connectivity index (χ1n) is 6.34. The summed E-state index contributed by atoms with van der Waals surface area (Å²) in [6.07, 6.45) is 0.911. The SMILES string of the molecule is COc1ccc(C(CCN)c2ccc(Cl)cc2)cc1.Cl. The number of benzene rings is 2. The Morgan fingerprint density at radius 3 is 1.95 bits per heavy atom. The zero-order valence-electron chi connectivity index (χ0n) is 11.4. The highest BCUT2D eigenvalue weighted by Crippen LogP contribution is 2.29. The molecule has 0 heterocycles. The highest BCUT2D eigenvalue weighted by Gasteiger charge is 2.13.